The van der Waals surface area contributed by atoms with Gasteiger partial charge in [-0.25, -0.2) is 0 Å². The van der Waals surface area contributed by atoms with Gasteiger partial charge >= 0.3 is 0 Å². The van der Waals surface area contributed by atoms with Crippen LogP contribution in [0, 0.1) is 0 Å². The monoisotopic (exact) mass is 326 g/mol. The van der Waals surface area contributed by atoms with Crippen LogP contribution in [-0.4, -0.2) is 37.2 Å². The summed E-state index contributed by atoms with van der Waals surface area (Å²) >= 11 is 0. The first-order chi connectivity index (χ1) is 11.6. The van der Waals surface area contributed by atoms with Crippen LogP contribution in [0.5, 0.6) is 0 Å². The summed E-state index contributed by atoms with van der Waals surface area (Å²) in [6, 6.07) is 3.63. The third-order valence-electron chi connectivity index (χ3n) is 3.45. The molecule has 0 aliphatic carbocycles. The van der Waals surface area contributed by atoms with Crippen LogP contribution < -0.4 is 5.32 Å². The average Bonchev–Trinajstić information content (AvgIpc) is 3.20. The van der Waals surface area contributed by atoms with Gasteiger partial charge in [0.2, 0.25) is 5.91 Å². The minimum Gasteiger partial charge on any atom is -0.352 e. The summed E-state index contributed by atoms with van der Waals surface area (Å²) in [5, 5.41) is 14.8. The molecule has 24 heavy (non-hydrogen) atoms. The second-order valence-electron chi connectivity index (χ2n) is 5.64. The first kappa shape index (κ1) is 15.9. The lowest BCUT2D eigenvalue weighted by molar-refractivity contribution is -0.120. The summed E-state index contributed by atoms with van der Waals surface area (Å²) in [7, 11) is 0. The Labute approximate surface area is 138 Å². The molecule has 3 rings (SSSR count). The molecule has 8 nitrogen and oxygen atoms in total. The molecule has 124 valence electrons. The van der Waals surface area contributed by atoms with Gasteiger partial charge in [-0.05, 0) is 12.1 Å². The molecular weight excluding hydrogens is 308 g/mol. The van der Waals surface area contributed by atoms with Gasteiger partial charge < -0.3 is 9.84 Å². The van der Waals surface area contributed by atoms with Crippen molar-refractivity contribution in [2.45, 2.75) is 26.2 Å². The molecule has 0 saturated carbocycles. The number of fused-ring (bicyclic) bond motifs is 1. The Hall–Kier alpha value is -3.03. The molecule has 1 amide bonds. The molecule has 0 bridgehead atoms. The zero-order chi connectivity index (χ0) is 17.1. The fraction of sp³-hybridized carbons (Fsp3) is 0.312. The van der Waals surface area contributed by atoms with E-state index in [0.717, 1.165) is 5.56 Å². The highest BCUT2D eigenvalue weighted by atomic mass is 16.5. The number of aromatic nitrogens is 5. The van der Waals surface area contributed by atoms with Gasteiger partial charge in [0, 0.05) is 24.2 Å². The number of nitrogens with one attached hydrogen (secondary N) is 1. The number of hydrogen-bond acceptors (Lipinski definition) is 6. The summed E-state index contributed by atoms with van der Waals surface area (Å²) in [4.78, 5) is 16.2. The topological polar surface area (TPSA) is 98.2 Å². The molecule has 0 spiro atoms. The Morgan fingerprint density at radius 1 is 1.46 bits per heavy atom. The van der Waals surface area contributed by atoms with Crippen molar-refractivity contribution in [1.82, 2.24) is 30.1 Å². The molecule has 0 aromatic carbocycles. The van der Waals surface area contributed by atoms with Crippen LogP contribution in [0.4, 0.5) is 0 Å². The van der Waals surface area contributed by atoms with E-state index in [2.05, 4.69) is 32.2 Å². The Balaban J connectivity index is 1.84. The third-order valence-corrected chi connectivity index (χ3v) is 3.45. The molecule has 8 heteroatoms. The smallest absolute Gasteiger partial charge is 0.258 e. The van der Waals surface area contributed by atoms with Gasteiger partial charge in [0.1, 0.15) is 5.82 Å². The fourth-order valence-electron chi connectivity index (χ4n) is 2.17. The zero-order valence-corrected chi connectivity index (χ0v) is 13.6. The maximum atomic E-state index is 11.8. The first-order valence-corrected chi connectivity index (χ1v) is 7.63. The highest BCUT2D eigenvalue weighted by Gasteiger charge is 2.14. The zero-order valence-electron chi connectivity index (χ0n) is 13.6. The maximum absolute atomic E-state index is 11.8. The first-order valence-electron chi connectivity index (χ1n) is 7.63. The van der Waals surface area contributed by atoms with Gasteiger partial charge in [0.15, 0.2) is 11.5 Å². The number of hydrogen-bond donors (Lipinski definition) is 1. The predicted molar refractivity (Wildman–Crippen MR) is 87.3 cm³/mol. The van der Waals surface area contributed by atoms with E-state index in [4.69, 9.17) is 4.52 Å². The molecule has 3 heterocycles. The highest BCUT2D eigenvalue weighted by Crippen LogP contribution is 2.21. The van der Waals surface area contributed by atoms with Crippen LogP contribution in [-0.2, 0) is 11.2 Å². The molecule has 0 aliphatic rings. The minimum atomic E-state index is -0.133. The molecule has 0 aliphatic heterocycles. The standard InChI is InChI=1S/C16H18N6O2/c1-4-6-17-14(23)9-13-20-19-12-8-11(5-7-22(12)13)16-18-15(10(2)3)21-24-16/h4-5,7-8,10H,1,6,9H2,2-3H3,(H,17,23). The number of carbonyl (C=O) groups is 1. The van der Waals surface area contributed by atoms with Crippen LogP contribution in [0.2, 0.25) is 0 Å². The largest absolute Gasteiger partial charge is 0.352 e. The van der Waals surface area contributed by atoms with E-state index >= 15 is 0 Å². The van der Waals surface area contributed by atoms with E-state index in [1.165, 1.54) is 0 Å². The third kappa shape index (κ3) is 3.17. The van der Waals surface area contributed by atoms with Crippen LogP contribution in [0.25, 0.3) is 17.1 Å². The maximum Gasteiger partial charge on any atom is 0.258 e. The summed E-state index contributed by atoms with van der Waals surface area (Å²) in [5.74, 6) is 1.72. The Morgan fingerprint density at radius 2 is 2.29 bits per heavy atom. The quantitative estimate of drug-likeness (QED) is 0.693. The molecule has 0 atom stereocenters. The molecule has 0 radical (unpaired) electrons. The van der Waals surface area contributed by atoms with E-state index in [-0.39, 0.29) is 18.2 Å². The summed E-state index contributed by atoms with van der Waals surface area (Å²) in [6.45, 7) is 7.99. The molecule has 0 unspecified atom stereocenters. The predicted octanol–water partition coefficient (Wildman–Crippen LogP) is 1.75. The summed E-state index contributed by atoms with van der Waals surface area (Å²) < 4.78 is 7.05. The van der Waals surface area contributed by atoms with Gasteiger partial charge in [0.25, 0.3) is 5.89 Å². The molecule has 0 saturated heterocycles. The van der Waals surface area contributed by atoms with Crippen LogP contribution in [0.1, 0.15) is 31.4 Å². The molecule has 0 fully saturated rings. The van der Waals surface area contributed by atoms with Crippen LogP contribution >= 0.6 is 0 Å². The highest BCUT2D eigenvalue weighted by molar-refractivity contribution is 5.78. The summed E-state index contributed by atoms with van der Waals surface area (Å²) in [6.07, 6.45) is 3.56. The van der Waals surface area contributed by atoms with Gasteiger partial charge in [-0.15, -0.1) is 16.8 Å². The fourth-order valence-corrected chi connectivity index (χ4v) is 2.17. The van der Waals surface area contributed by atoms with E-state index in [9.17, 15) is 4.79 Å². The van der Waals surface area contributed by atoms with E-state index in [0.29, 0.717) is 29.7 Å². The Morgan fingerprint density at radius 3 is 3.00 bits per heavy atom. The lowest BCUT2D eigenvalue weighted by Crippen LogP contribution is -2.25. The molecular formula is C16H18N6O2. The lowest BCUT2D eigenvalue weighted by Gasteiger charge is -2.02. The second kappa shape index (κ2) is 6.61. The summed E-state index contributed by atoms with van der Waals surface area (Å²) in [5.41, 5.74) is 1.38. The number of amides is 1. The van der Waals surface area contributed by atoms with Crippen molar-refractivity contribution in [3.05, 3.63) is 42.6 Å². The van der Waals surface area contributed by atoms with Gasteiger partial charge in [-0.2, -0.15) is 4.98 Å². The van der Waals surface area contributed by atoms with Crippen molar-refractivity contribution in [1.29, 1.82) is 0 Å². The van der Waals surface area contributed by atoms with Gasteiger partial charge in [0.05, 0.1) is 6.42 Å². The second-order valence-corrected chi connectivity index (χ2v) is 5.64. The van der Waals surface area contributed by atoms with Crippen molar-refractivity contribution in [3.8, 4) is 11.5 Å². The van der Waals surface area contributed by atoms with Crippen molar-refractivity contribution in [2.75, 3.05) is 6.54 Å². The van der Waals surface area contributed by atoms with Gasteiger partial charge in [-0.3, -0.25) is 9.20 Å². The SMILES string of the molecule is C=CCNC(=O)Cc1nnc2cc(-c3nc(C(C)C)no3)ccn12. The van der Waals surface area contributed by atoms with Crippen molar-refractivity contribution >= 4 is 11.6 Å². The van der Waals surface area contributed by atoms with E-state index in [1.807, 2.05) is 19.9 Å². The normalized spacial score (nSPS) is 11.1. The van der Waals surface area contributed by atoms with Crippen molar-refractivity contribution < 1.29 is 9.32 Å². The van der Waals surface area contributed by atoms with Crippen LogP contribution in [0.3, 0.4) is 0 Å². The number of rotatable bonds is 6. The molecule has 3 aromatic rings. The molecule has 1 N–H and O–H groups in total. The number of pyridine rings is 1. The average molecular weight is 326 g/mol. The number of carbonyl (C=O) groups excluding carboxylic acids is 1. The van der Waals surface area contributed by atoms with E-state index in [1.54, 1.807) is 22.7 Å². The van der Waals surface area contributed by atoms with E-state index < -0.39 is 0 Å². The van der Waals surface area contributed by atoms with Crippen molar-refractivity contribution in [2.24, 2.45) is 0 Å². The Kier molecular flexibility index (Phi) is 4.37. The van der Waals surface area contributed by atoms with Crippen LogP contribution in [0.15, 0.2) is 35.5 Å². The van der Waals surface area contributed by atoms with Gasteiger partial charge in [-0.1, -0.05) is 25.1 Å². The molecule has 3 aromatic heterocycles. The lowest BCUT2D eigenvalue weighted by atomic mass is 10.2. The minimum absolute atomic E-state index is 0.133. The number of nitrogens with zero attached hydrogens (tertiary/aromatic N) is 5. The Bertz CT molecular complexity index is 880. The van der Waals surface area contributed by atoms with Crippen molar-refractivity contribution in [3.63, 3.8) is 0 Å².